The molecule has 0 N–H and O–H groups in total. The third-order valence-electron chi connectivity index (χ3n) is 2.40. The van der Waals surface area contributed by atoms with E-state index < -0.39 is 0 Å². The van der Waals surface area contributed by atoms with Gasteiger partial charge in [-0.15, -0.1) is 0 Å². The summed E-state index contributed by atoms with van der Waals surface area (Å²) in [6.45, 7) is 2.11. The lowest BCUT2D eigenvalue weighted by Gasteiger charge is -2.21. The first kappa shape index (κ1) is 9.71. The quantitative estimate of drug-likeness (QED) is 0.598. The van der Waals surface area contributed by atoms with Crippen molar-refractivity contribution in [2.45, 2.75) is 6.92 Å². The number of hydrogen-bond acceptors (Lipinski definition) is 4. The normalized spacial score (nSPS) is 20.4. The SMILES string of the molecule is COC1=CC(=O)C2=C(C1=O)C(C)=CCO2. The maximum atomic E-state index is 11.8. The van der Waals surface area contributed by atoms with Gasteiger partial charge in [-0.25, -0.2) is 0 Å². The Morgan fingerprint density at radius 1 is 1.40 bits per heavy atom. The smallest absolute Gasteiger partial charge is 0.231 e. The molecule has 0 fully saturated rings. The van der Waals surface area contributed by atoms with Crippen molar-refractivity contribution in [1.82, 2.24) is 0 Å². The van der Waals surface area contributed by atoms with Crippen molar-refractivity contribution in [3.8, 4) is 0 Å². The van der Waals surface area contributed by atoms with Crippen LogP contribution in [0.1, 0.15) is 6.92 Å². The Morgan fingerprint density at radius 3 is 2.80 bits per heavy atom. The molecule has 0 saturated heterocycles. The first-order valence-electron chi connectivity index (χ1n) is 4.54. The second-order valence-corrected chi connectivity index (χ2v) is 3.31. The molecule has 2 aliphatic rings. The summed E-state index contributed by atoms with van der Waals surface area (Å²) < 4.78 is 10.0. The number of Topliss-reactive ketones (excluding diaryl/α,β-unsaturated/α-hetero) is 1. The predicted molar refractivity (Wildman–Crippen MR) is 51.8 cm³/mol. The number of methoxy groups -OCH3 is 1. The van der Waals surface area contributed by atoms with Crippen molar-refractivity contribution in [1.29, 1.82) is 0 Å². The van der Waals surface area contributed by atoms with Gasteiger partial charge in [-0.1, -0.05) is 0 Å². The lowest BCUT2D eigenvalue weighted by Crippen LogP contribution is -2.24. The van der Waals surface area contributed by atoms with Crippen molar-refractivity contribution in [2.75, 3.05) is 13.7 Å². The highest BCUT2D eigenvalue weighted by Gasteiger charge is 2.33. The van der Waals surface area contributed by atoms with E-state index in [2.05, 4.69) is 0 Å². The van der Waals surface area contributed by atoms with Gasteiger partial charge in [0.25, 0.3) is 0 Å². The van der Waals surface area contributed by atoms with Crippen LogP contribution in [0.2, 0.25) is 0 Å². The van der Waals surface area contributed by atoms with Crippen LogP contribution in [-0.2, 0) is 19.1 Å². The van der Waals surface area contributed by atoms with E-state index >= 15 is 0 Å². The first-order chi connectivity index (χ1) is 7.15. The molecule has 0 radical (unpaired) electrons. The van der Waals surface area contributed by atoms with Crippen LogP contribution in [0.3, 0.4) is 0 Å². The standard InChI is InChI=1S/C11H10O4/c1-6-3-4-15-11-7(12)5-8(14-2)10(13)9(6)11/h3,5H,4H2,1-2H3. The van der Waals surface area contributed by atoms with Gasteiger partial charge in [-0.3, -0.25) is 9.59 Å². The molecule has 0 aromatic carbocycles. The van der Waals surface area contributed by atoms with Crippen LogP contribution in [-0.4, -0.2) is 25.3 Å². The van der Waals surface area contributed by atoms with Crippen LogP contribution in [0.4, 0.5) is 0 Å². The molecular weight excluding hydrogens is 196 g/mol. The fraction of sp³-hybridized carbons (Fsp3) is 0.273. The number of hydrogen-bond donors (Lipinski definition) is 0. The number of rotatable bonds is 1. The minimum atomic E-state index is -0.311. The average Bonchev–Trinajstić information content (AvgIpc) is 2.23. The van der Waals surface area contributed by atoms with Gasteiger partial charge in [0, 0.05) is 6.08 Å². The highest BCUT2D eigenvalue weighted by molar-refractivity contribution is 6.23. The van der Waals surface area contributed by atoms with Gasteiger partial charge in [0.15, 0.2) is 11.5 Å². The van der Waals surface area contributed by atoms with E-state index in [-0.39, 0.29) is 23.1 Å². The van der Waals surface area contributed by atoms with Gasteiger partial charge in [0.1, 0.15) is 6.61 Å². The number of carbonyl (C=O) groups is 2. The molecule has 0 aromatic rings. The first-order valence-corrected chi connectivity index (χ1v) is 4.54. The minimum Gasteiger partial charge on any atom is -0.492 e. The molecule has 0 unspecified atom stereocenters. The van der Waals surface area contributed by atoms with E-state index in [1.807, 2.05) is 0 Å². The van der Waals surface area contributed by atoms with Crippen molar-refractivity contribution >= 4 is 11.6 Å². The Balaban J connectivity index is 2.52. The molecule has 0 bridgehead atoms. The molecule has 0 aromatic heterocycles. The summed E-state index contributed by atoms with van der Waals surface area (Å²) in [5.74, 6) is -0.396. The van der Waals surface area contributed by atoms with Crippen molar-refractivity contribution < 1.29 is 19.1 Å². The largest absolute Gasteiger partial charge is 0.492 e. The van der Waals surface area contributed by atoms with Crippen LogP contribution < -0.4 is 0 Å². The highest BCUT2D eigenvalue weighted by atomic mass is 16.5. The zero-order valence-corrected chi connectivity index (χ0v) is 8.49. The third kappa shape index (κ3) is 1.38. The zero-order valence-electron chi connectivity index (χ0n) is 8.49. The monoisotopic (exact) mass is 206 g/mol. The average molecular weight is 206 g/mol. The number of carbonyl (C=O) groups excluding carboxylic acids is 2. The van der Waals surface area contributed by atoms with Crippen LogP contribution in [0.15, 0.2) is 34.8 Å². The summed E-state index contributed by atoms with van der Waals surface area (Å²) >= 11 is 0. The van der Waals surface area contributed by atoms with Gasteiger partial charge < -0.3 is 9.47 Å². The lowest BCUT2D eigenvalue weighted by molar-refractivity contribution is -0.120. The van der Waals surface area contributed by atoms with Crippen molar-refractivity contribution in [3.63, 3.8) is 0 Å². The Bertz CT molecular complexity index is 438. The molecule has 78 valence electrons. The summed E-state index contributed by atoms with van der Waals surface area (Å²) in [5, 5.41) is 0. The molecule has 0 spiro atoms. The van der Waals surface area contributed by atoms with Crippen LogP contribution in [0.5, 0.6) is 0 Å². The zero-order chi connectivity index (χ0) is 11.0. The van der Waals surface area contributed by atoms with Crippen LogP contribution in [0, 0.1) is 0 Å². The van der Waals surface area contributed by atoms with Gasteiger partial charge in [-0.05, 0) is 18.6 Å². The van der Waals surface area contributed by atoms with E-state index in [0.717, 1.165) is 5.57 Å². The minimum absolute atomic E-state index is 0.0667. The third-order valence-corrected chi connectivity index (χ3v) is 2.40. The number of allylic oxidation sites excluding steroid dienone is 3. The Kier molecular flexibility index (Phi) is 2.19. The molecule has 1 heterocycles. The Labute approximate surface area is 86.9 Å². The molecule has 4 heteroatoms. The molecule has 0 saturated carbocycles. The summed E-state index contributed by atoms with van der Waals surface area (Å²) in [6, 6.07) is 0. The Morgan fingerprint density at radius 2 is 2.13 bits per heavy atom. The molecule has 2 rings (SSSR count). The maximum absolute atomic E-state index is 11.8. The highest BCUT2D eigenvalue weighted by Crippen LogP contribution is 2.28. The second kappa shape index (κ2) is 3.38. The Hall–Kier alpha value is -1.84. The van der Waals surface area contributed by atoms with E-state index in [4.69, 9.17) is 9.47 Å². The van der Waals surface area contributed by atoms with Gasteiger partial charge >= 0.3 is 0 Å². The van der Waals surface area contributed by atoms with E-state index in [1.165, 1.54) is 13.2 Å². The van der Waals surface area contributed by atoms with Crippen molar-refractivity contribution in [2.24, 2.45) is 0 Å². The topological polar surface area (TPSA) is 52.6 Å². The second-order valence-electron chi connectivity index (χ2n) is 3.31. The van der Waals surface area contributed by atoms with E-state index in [0.29, 0.717) is 12.2 Å². The molecule has 0 amide bonds. The summed E-state index contributed by atoms with van der Waals surface area (Å²) in [5.41, 5.74) is 1.09. The molecule has 1 aliphatic heterocycles. The lowest BCUT2D eigenvalue weighted by atomic mass is 9.93. The molecular formula is C11H10O4. The van der Waals surface area contributed by atoms with E-state index in [1.54, 1.807) is 13.0 Å². The fourth-order valence-electron chi connectivity index (χ4n) is 1.60. The van der Waals surface area contributed by atoms with Crippen LogP contribution in [0.25, 0.3) is 0 Å². The fourth-order valence-corrected chi connectivity index (χ4v) is 1.60. The van der Waals surface area contributed by atoms with Gasteiger partial charge in [0.05, 0.1) is 12.7 Å². The van der Waals surface area contributed by atoms with Gasteiger partial charge in [-0.2, -0.15) is 0 Å². The summed E-state index contributed by atoms with van der Waals surface area (Å²) in [6.07, 6.45) is 2.93. The van der Waals surface area contributed by atoms with E-state index in [9.17, 15) is 9.59 Å². The maximum Gasteiger partial charge on any atom is 0.231 e. The summed E-state index contributed by atoms with van der Waals surface area (Å²) in [7, 11) is 1.37. The molecule has 1 aliphatic carbocycles. The molecule has 0 atom stereocenters. The predicted octanol–water partition coefficient (Wildman–Crippen LogP) is 0.899. The molecule has 4 nitrogen and oxygen atoms in total. The summed E-state index contributed by atoms with van der Waals surface area (Å²) in [4.78, 5) is 23.4. The number of ketones is 2. The van der Waals surface area contributed by atoms with Crippen LogP contribution >= 0.6 is 0 Å². The molecule has 15 heavy (non-hydrogen) atoms. The van der Waals surface area contributed by atoms with Crippen molar-refractivity contribution in [3.05, 3.63) is 34.8 Å². The van der Waals surface area contributed by atoms with Gasteiger partial charge in [0.2, 0.25) is 11.6 Å². The number of ether oxygens (including phenoxy) is 2.